The molecule has 2 heterocycles. The van der Waals surface area contributed by atoms with Crippen molar-refractivity contribution in [2.45, 2.75) is 45.3 Å². The average molecular weight is 471 g/mol. The molecule has 0 saturated carbocycles. The highest BCUT2D eigenvalue weighted by Gasteiger charge is 2.40. The predicted molar refractivity (Wildman–Crippen MR) is 139 cm³/mol. The minimum Gasteiger partial charge on any atom is -0.494 e. The van der Waals surface area contributed by atoms with Crippen LogP contribution in [0.25, 0.3) is 0 Å². The largest absolute Gasteiger partial charge is 0.494 e. The van der Waals surface area contributed by atoms with E-state index in [0.717, 1.165) is 60.7 Å². The first kappa shape index (κ1) is 23.3. The van der Waals surface area contributed by atoms with E-state index in [1.54, 1.807) is 0 Å². The van der Waals surface area contributed by atoms with E-state index in [4.69, 9.17) is 9.47 Å². The maximum Gasteiger partial charge on any atom is 0.254 e. The van der Waals surface area contributed by atoms with Gasteiger partial charge in [0.05, 0.1) is 12.3 Å². The molecule has 0 unspecified atom stereocenters. The molecule has 5 heteroatoms. The monoisotopic (exact) mass is 470 g/mol. The molecule has 0 aliphatic carbocycles. The molecule has 3 aromatic rings. The standard InChI is InChI=1S/C30H34N2O3/c1-3-34-27-14-8-5-11-24(27)22-32-21-18-30(35-28-15-9-7-13-26(28)32)16-19-31(20-17-30)29(33)25-12-6-4-10-23(25)2/h4-15H,3,16-22H2,1-2H3. The van der Waals surface area contributed by atoms with Crippen molar-refractivity contribution in [2.75, 3.05) is 31.1 Å². The molecule has 0 bridgehead atoms. The Hall–Kier alpha value is -3.47. The predicted octanol–water partition coefficient (Wildman–Crippen LogP) is 5.86. The zero-order valence-corrected chi connectivity index (χ0v) is 20.7. The number of para-hydroxylation sites is 3. The fraction of sp³-hybridized carbons (Fsp3) is 0.367. The number of nitrogens with zero attached hydrogens (tertiary/aromatic N) is 2. The summed E-state index contributed by atoms with van der Waals surface area (Å²) >= 11 is 0. The van der Waals surface area contributed by atoms with Crippen LogP contribution in [0.1, 0.15) is 47.7 Å². The highest BCUT2D eigenvalue weighted by molar-refractivity contribution is 5.95. The maximum atomic E-state index is 13.2. The summed E-state index contributed by atoms with van der Waals surface area (Å²) in [7, 11) is 0. The van der Waals surface area contributed by atoms with E-state index in [9.17, 15) is 4.79 Å². The molecule has 1 spiro atoms. The van der Waals surface area contributed by atoms with Crippen LogP contribution in [-0.4, -0.2) is 42.6 Å². The Morgan fingerprint density at radius 1 is 0.914 bits per heavy atom. The van der Waals surface area contributed by atoms with Crippen LogP contribution < -0.4 is 14.4 Å². The van der Waals surface area contributed by atoms with Gasteiger partial charge in [-0.25, -0.2) is 0 Å². The average Bonchev–Trinajstić information content (AvgIpc) is 3.03. The lowest BCUT2D eigenvalue weighted by molar-refractivity contribution is 0.00237. The van der Waals surface area contributed by atoms with Crippen molar-refractivity contribution in [2.24, 2.45) is 0 Å². The van der Waals surface area contributed by atoms with Crippen LogP contribution in [0.3, 0.4) is 0 Å². The Morgan fingerprint density at radius 3 is 2.40 bits per heavy atom. The highest BCUT2D eigenvalue weighted by Crippen LogP contribution is 2.41. The fourth-order valence-corrected chi connectivity index (χ4v) is 5.30. The quantitative estimate of drug-likeness (QED) is 0.469. The van der Waals surface area contributed by atoms with E-state index in [1.807, 2.05) is 61.2 Å². The fourth-order valence-electron chi connectivity index (χ4n) is 5.30. The number of hydrogen-bond donors (Lipinski definition) is 0. The van der Waals surface area contributed by atoms with E-state index in [2.05, 4.69) is 35.2 Å². The Bertz CT molecular complexity index is 1180. The number of aryl methyl sites for hydroxylation is 1. The van der Waals surface area contributed by atoms with Gasteiger partial charge in [-0.3, -0.25) is 4.79 Å². The number of piperidine rings is 1. The molecule has 3 aromatic carbocycles. The number of fused-ring (bicyclic) bond motifs is 1. The highest BCUT2D eigenvalue weighted by atomic mass is 16.5. The third kappa shape index (κ3) is 4.86. The lowest BCUT2D eigenvalue weighted by Crippen LogP contribution is -2.50. The van der Waals surface area contributed by atoms with Crippen LogP contribution in [0.15, 0.2) is 72.8 Å². The van der Waals surface area contributed by atoms with Crippen LogP contribution in [0.2, 0.25) is 0 Å². The van der Waals surface area contributed by atoms with Crippen LogP contribution in [0.5, 0.6) is 11.5 Å². The maximum absolute atomic E-state index is 13.2. The molecule has 1 fully saturated rings. The SMILES string of the molecule is CCOc1ccccc1CN1CCC2(CCN(C(=O)c3ccccc3C)CC2)Oc2ccccc21. The van der Waals surface area contributed by atoms with E-state index in [-0.39, 0.29) is 11.5 Å². The molecular weight excluding hydrogens is 436 g/mol. The van der Waals surface area contributed by atoms with Crippen molar-refractivity contribution in [3.63, 3.8) is 0 Å². The van der Waals surface area contributed by atoms with Crippen molar-refractivity contribution in [3.05, 3.63) is 89.5 Å². The lowest BCUT2D eigenvalue weighted by atomic mass is 9.87. The number of benzene rings is 3. The Morgan fingerprint density at radius 2 is 1.60 bits per heavy atom. The van der Waals surface area contributed by atoms with Gasteiger partial charge >= 0.3 is 0 Å². The number of likely N-dealkylation sites (tertiary alicyclic amines) is 1. The molecule has 0 N–H and O–H groups in total. The van der Waals surface area contributed by atoms with Gasteiger partial charge in [0.1, 0.15) is 17.1 Å². The minimum atomic E-state index is -0.257. The number of anilines is 1. The van der Waals surface area contributed by atoms with Crippen molar-refractivity contribution in [3.8, 4) is 11.5 Å². The zero-order valence-electron chi connectivity index (χ0n) is 20.7. The summed E-state index contributed by atoms with van der Waals surface area (Å²) in [5.74, 6) is 1.99. The molecule has 182 valence electrons. The van der Waals surface area contributed by atoms with Gasteiger partial charge < -0.3 is 19.3 Å². The first-order valence-electron chi connectivity index (χ1n) is 12.7. The first-order valence-corrected chi connectivity index (χ1v) is 12.7. The molecular formula is C30H34N2O3. The van der Waals surface area contributed by atoms with E-state index < -0.39 is 0 Å². The summed E-state index contributed by atoms with van der Waals surface area (Å²) in [4.78, 5) is 17.6. The second-order valence-electron chi connectivity index (χ2n) is 9.57. The van der Waals surface area contributed by atoms with Crippen molar-refractivity contribution >= 4 is 11.6 Å². The van der Waals surface area contributed by atoms with Gasteiger partial charge in [-0.15, -0.1) is 0 Å². The number of hydrogen-bond acceptors (Lipinski definition) is 4. The lowest BCUT2D eigenvalue weighted by Gasteiger charge is -2.41. The van der Waals surface area contributed by atoms with E-state index >= 15 is 0 Å². The summed E-state index contributed by atoms with van der Waals surface area (Å²) in [6.07, 6.45) is 2.59. The summed E-state index contributed by atoms with van der Waals surface area (Å²) in [6.45, 7) is 7.75. The van der Waals surface area contributed by atoms with Gasteiger partial charge in [-0.05, 0) is 43.7 Å². The molecule has 0 aromatic heterocycles. The van der Waals surface area contributed by atoms with Crippen molar-refractivity contribution < 1.29 is 14.3 Å². The van der Waals surface area contributed by atoms with Gasteiger partial charge in [-0.2, -0.15) is 0 Å². The Labute approximate surface area is 208 Å². The van der Waals surface area contributed by atoms with Crippen LogP contribution in [0, 0.1) is 6.92 Å². The number of rotatable bonds is 5. The molecule has 5 rings (SSSR count). The number of amides is 1. The molecule has 1 amide bonds. The van der Waals surface area contributed by atoms with E-state index in [1.165, 1.54) is 5.56 Å². The molecule has 0 radical (unpaired) electrons. The summed E-state index contributed by atoms with van der Waals surface area (Å²) < 4.78 is 12.7. The smallest absolute Gasteiger partial charge is 0.254 e. The Kier molecular flexibility index (Phi) is 6.67. The molecule has 2 aliphatic heterocycles. The third-order valence-corrected chi connectivity index (χ3v) is 7.34. The van der Waals surface area contributed by atoms with Crippen LogP contribution >= 0.6 is 0 Å². The van der Waals surface area contributed by atoms with Gasteiger partial charge in [-0.1, -0.05) is 48.5 Å². The van der Waals surface area contributed by atoms with Gasteiger partial charge in [0.2, 0.25) is 0 Å². The molecule has 5 nitrogen and oxygen atoms in total. The van der Waals surface area contributed by atoms with Crippen LogP contribution in [-0.2, 0) is 6.54 Å². The molecule has 0 atom stereocenters. The van der Waals surface area contributed by atoms with Crippen molar-refractivity contribution in [1.29, 1.82) is 0 Å². The third-order valence-electron chi connectivity index (χ3n) is 7.34. The number of ether oxygens (including phenoxy) is 2. The second-order valence-corrected chi connectivity index (χ2v) is 9.57. The molecule has 1 saturated heterocycles. The Balaban J connectivity index is 1.33. The first-order chi connectivity index (χ1) is 17.1. The minimum absolute atomic E-state index is 0.126. The van der Waals surface area contributed by atoms with Crippen molar-refractivity contribution in [1.82, 2.24) is 4.90 Å². The summed E-state index contributed by atoms with van der Waals surface area (Å²) in [5, 5.41) is 0. The zero-order chi connectivity index (χ0) is 24.3. The number of carbonyl (C=O) groups is 1. The van der Waals surface area contributed by atoms with Gasteiger partial charge in [0, 0.05) is 56.6 Å². The van der Waals surface area contributed by atoms with Gasteiger partial charge in [0.15, 0.2) is 0 Å². The topological polar surface area (TPSA) is 42.0 Å². The van der Waals surface area contributed by atoms with E-state index in [0.29, 0.717) is 19.7 Å². The molecule has 35 heavy (non-hydrogen) atoms. The number of carbonyl (C=O) groups excluding carboxylic acids is 1. The van der Waals surface area contributed by atoms with Crippen LogP contribution in [0.4, 0.5) is 5.69 Å². The summed E-state index contributed by atoms with van der Waals surface area (Å²) in [5.41, 5.74) is 3.87. The van der Waals surface area contributed by atoms with Gasteiger partial charge in [0.25, 0.3) is 5.91 Å². The summed E-state index contributed by atoms with van der Waals surface area (Å²) in [6, 6.07) is 24.5. The normalized spacial score (nSPS) is 16.9. The molecule has 2 aliphatic rings. The second kappa shape index (κ2) is 10.0.